The Hall–Kier alpha value is -2.07. The lowest BCUT2D eigenvalue weighted by atomic mass is 9.93. The molecule has 3 rings (SSSR count). The summed E-state index contributed by atoms with van der Waals surface area (Å²) in [5, 5.41) is 11.9. The molecule has 0 saturated heterocycles. The lowest BCUT2D eigenvalue weighted by Crippen LogP contribution is -2.23. The summed E-state index contributed by atoms with van der Waals surface area (Å²) in [7, 11) is 0. The summed E-state index contributed by atoms with van der Waals surface area (Å²) in [6, 6.07) is 8.28. The van der Waals surface area contributed by atoms with Gasteiger partial charge in [-0.2, -0.15) is 5.10 Å². The van der Waals surface area contributed by atoms with Crippen molar-refractivity contribution < 1.29 is 0 Å². The smallest absolute Gasteiger partial charge is 0.156 e. The molecule has 2 aromatic rings. The molecule has 0 aliphatic heterocycles. The Morgan fingerprint density at radius 1 is 1.32 bits per heavy atom. The van der Waals surface area contributed by atoms with Gasteiger partial charge in [0.25, 0.3) is 0 Å². The zero-order valence-electron chi connectivity index (χ0n) is 10.9. The van der Waals surface area contributed by atoms with Crippen molar-refractivity contribution >= 4 is 16.7 Å². The van der Waals surface area contributed by atoms with E-state index in [0.29, 0.717) is 12.5 Å². The van der Waals surface area contributed by atoms with E-state index >= 15 is 0 Å². The number of aromatic nitrogens is 2. The number of H-pyrrole nitrogens is 1. The number of hydrogen-bond donors (Lipinski definition) is 3. The van der Waals surface area contributed by atoms with Gasteiger partial charge in [0, 0.05) is 17.8 Å². The Morgan fingerprint density at radius 3 is 2.95 bits per heavy atom. The number of nitrogens with two attached hydrogens (primary N) is 1. The van der Waals surface area contributed by atoms with Gasteiger partial charge in [0.2, 0.25) is 0 Å². The van der Waals surface area contributed by atoms with Crippen LogP contribution < -0.4 is 11.1 Å². The molecule has 4 heteroatoms. The normalized spacial score (nSPS) is 22.5. The molecule has 1 aliphatic carbocycles. The molecule has 19 heavy (non-hydrogen) atoms. The summed E-state index contributed by atoms with van der Waals surface area (Å²) in [6.07, 6.45) is 6.52. The number of hydrogen-bond acceptors (Lipinski definition) is 3. The lowest BCUT2D eigenvalue weighted by Gasteiger charge is -2.21. The first-order valence-electron chi connectivity index (χ1n) is 6.54. The summed E-state index contributed by atoms with van der Waals surface area (Å²) in [5.41, 5.74) is 8.07. The second kappa shape index (κ2) is 4.90. The molecule has 0 radical (unpaired) electrons. The number of fused-ring (bicyclic) bond motifs is 1. The minimum atomic E-state index is 0.175. The largest absolute Gasteiger partial charge is 0.358 e. The van der Waals surface area contributed by atoms with E-state index in [1.165, 1.54) is 5.57 Å². The predicted molar refractivity (Wildman–Crippen MR) is 78.9 cm³/mol. The van der Waals surface area contributed by atoms with Crippen LogP contribution in [0, 0.1) is 5.92 Å². The molecule has 4 nitrogen and oxygen atoms in total. The molecular weight excluding hydrogens is 236 g/mol. The van der Waals surface area contributed by atoms with Gasteiger partial charge in [-0.05, 0) is 19.1 Å². The van der Waals surface area contributed by atoms with E-state index < -0.39 is 0 Å². The third-order valence-corrected chi connectivity index (χ3v) is 3.61. The Balaban J connectivity index is 1.83. The molecular formula is C15H18N4. The van der Waals surface area contributed by atoms with Crippen molar-refractivity contribution in [2.24, 2.45) is 11.7 Å². The van der Waals surface area contributed by atoms with Crippen molar-refractivity contribution in [3.05, 3.63) is 48.1 Å². The number of rotatable bonds is 3. The number of benzene rings is 1. The number of para-hydroxylation sites is 1. The quantitative estimate of drug-likeness (QED) is 0.737. The molecule has 2 atom stereocenters. The standard InChI is InChI=1S/C15H18N4/c1-10-8-12(7-6-11(10)9-16)17-15-13-4-2-3-5-14(13)18-19-15/h2-8,11-12H,9,16H2,1H3,(H2,17,18,19). The molecule has 4 N–H and O–H groups in total. The maximum atomic E-state index is 5.72. The van der Waals surface area contributed by atoms with Crippen LogP contribution in [0.15, 0.2) is 48.1 Å². The Morgan fingerprint density at radius 2 is 2.16 bits per heavy atom. The van der Waals surface area contributed by atoms with Gasteiger partial charge in [-0.1, -0.05) is 35.9 Å². The summed E-state index contributed by atoms with van der Waals surface area (Å²) < 4.78 is 0. The van der Waals surface area contributed by atoms with Gasteiger partial charge in [0.15, 0.2) is 5.82 Å². The fourth-order valence-corrected chi connectivity index (χ4v) is 2.45. The molecule has 0 bridgehead atoms. The average molecular weight is 254 g/mol. The van der Waals surface area contributed by atoms with Crippen molar-refractivity contribution in [1.29, 1.82) is 0 Å². The maximum absolute atomic E-state index is 5.72. The fourth-order valence-electron chi connectivity index (χ4n) is 2.45. The maximum Gasteiger partial charge on any atom is 0.156 e. The number of nitrogens with zero attached hydrogens (tertiary/aromatic N) is 1. The predicted octanol–water partition coefficient (Wildman–Crippen LogP) is 2.43. The Labute approximate surface area is 112 Å². The van der Waals surface area contributed by atoms with Gasteiger partial charge in [0.05, 0.1) is 11.6 Å². The first-order valence-corrected chi connectivity index (χ1v) is 6.54. The molecule has 0 amide bonds. The molecule has 1 aromatic heterocycles. The fraction of sp³-hybridized carbons (Fsp3) is 0.267. The highest BCUT2D eigenvalue weighted by Gasteiger charge is 2.15. The molecule has 1 aliphatic rings. The highest BCUT2D eigenvalue weighted by atomic mass is 15.2. The van der Waals surface area contributed by atoms with Crippen LogP contribution in [0.4, 0.5) is 5.82 Å². The van der Waals surface area contributed by atoms with Crippen LogP contribution in [-0.4, -0.2) is 22.8 Å². The first kappa shape index (κ1) is 12.0. The van der Waals surface area contributed by atoms with Crippen molar-refractivity contribution in [1.82, 2.24) is 10.2 Å². The zero-order chi connectivity index (χ0) is 13.2. The van der Waals surface area contributed by atoms with Crippen LogP contribution in [0.3, 0.4) is 0 Å². The van der Waals surface area contributed by atoms with Crippen LogP contribution in [0.1, 0.15) is 6.92 Å². The number of aromatic amines is 1. The van der Waals surface area contributed by atoms with Crippen LogP contribution in [-0.2, 0) is 0 Å². The first-order chi connectivity index (χ1) is 9.28. The average Bonchev–Trinajstić information content (AvgIpc) is 2.83. The van der Waals surface area contributed by atoms with Crippen LogP contribution in [0.25, 0.3) is 10.9 Å². The number of nitrogens with one attached hydrogen (secondary N) is 2. The second-order valence-electron chi connectivity index (χ2n) is 4.93. The van der Waals surface area contributed by atoms with E-state index in [9.17, 15) is 0 Å². The number of anilines is 1. The van der Waals surface area contributed by atoms with E-state index in [1.807, 2.05) is 18.2 Å². The Bertz CT molecular complexity index is 638. The summed E-state index contributed by atoms with van der Waals surface area (Å²) in [4.78, 5) is 0. The van der Waals surface area contributed by atoms with E-state index in [4.69, 9.17) is 5.73 Å². The van der Waals surface area contributed by atoms with Gasteiger partial charge in [-0.3, -0.25) is 5.10 Å². The molecule has 0 saturated carbocycles. The topological polar surface area (TPSA) is 66.7 Å². The third-order valence-electron chi connectivity index (χ3n) is 3.61. The van der Waals surface area contributed by atoms with Crippen molar-refractivity contribution in [3.8, 4) is 0 Å². The summed E-state index contributed by atoms with van der Waals surface area (Å²) >= 11 is 0. The van der Waals surface area contributed by atoms with Gasteiger partial charge in [-0.25, -0.2) is 0 Å². The molecule has 98 valence electrons. The Kier molecular flexibility index (Phi) is 3.09. The lowest BCUT2D eigenvalue weighted by molar-refractivity contribution is 0.742. The zero-order valence-corrected chi connectivity index (χ0v) is 10.9. The van der Waals surface area contributed by atoms with Gasteiger partial charge in [-0.15, -0.1) is 0 Å². The molecule has 2 unspecified atom stereocenters. The summed E-state index contributed by atoms with van der Waals surface area (Å²) in [6.45, 7) is 2.79. The van der Waals surface area contributed by atoms with E-state index in [2.05, 4.69) is 46.7 Å². The molecule has 1 aromatic carbocycles. The SMILES string of the molecule is CC1=CC(Nc2n[nH]c3ccccc23)C=CC1CN. The van der Waals surface area contributed by atoms with Gasteiger partial charge in [0.1, 0.15) is 0 Å². The van der Waals surface area contributed by atoms with Crippen LogP contribution in [0.5, 0.6) is 0 Å². The molecule has 0 fully saturated rings. The monoisotopic (exact) mass is 254 g/mol. The van der Waals surface area contributed by atoms with E-state index in [1.54, 1.807) is 0 Å². The minimum absolute atomic E-state index is 0.175. The molecule has 0 spiro atoms. The minimum Gasteiger partial charge on any atom is -0.358 e. The molecule has 1 heterocycles. The third kappa shape index (κ3) is 2.27. The summed E-state index contributed by atoms with van der Waals surface area (Å²) in [5.74, 6) is 1.26. The van der Waals surface area contributed by atoms with Crippen LogP contribution >= 0.6 is 0 Å². The van der Waals surface area contributed by atoms with Crippen LogP contribution in [0.2, 0.25) is 0 Å². The highest BCUT2D eigenvalue weighted by Crippen LogP contribution is 2.23. The van der Waals surface area contributed by atoms with Crippen molar-refractivity contribution in [2.75, 3.05) is 11.9 Å². The van der Waals surface area contributed by atoms with Gasteiger partial charge >= 0.3 is 0 Å². The van der Waals surface area contributed by atoms with E-state index in [0.717, 1.165) is 16.7 Å². The van der Waals surface area contributed by atoms with Gasteiger partial charge < -0.3 is 11.1 Å². The van der Waals surface area contributed by atoms with E-state index in [-0.39, 0.29) is 6.04 Å². The second-order valence-corrected chi connectivity index (χ2v) is 4.93. The van der Waals surface area contributed by atoms with Crippen molar-refractivity contribution in [3.63, 3.8) is 0 Å². The van der Waals surface area contributed by atoms with Crippen molar-refractivity contribution in [2.45, 2.75) is 13.0 Å². The highest BCUT2D eigenvalue weighted by molar-refractivity contribution is 5.89.